The molecule has 0 unspecified atom stereocenters. The molecule has 32 heavy (non-hydrogen) atoms. The van der Waals surface area contributed by atoms with Crippen LogP contribution in [-0.4, -0.2) is 23.0 Å². The average Bonchev–Trinajstić information content (AvgIpc) is 2.83. The standard InChI is InChI=1S/C27H26N2O3/c1-20(19-28)17-24(26(31)32)29-25(30)18-27(21-11-5-2-6-12-21,22-13-7-3-8-14-22)23-15-9-4-10-16-23/h2-16,20,24H,17-18H2,1H3,(H,29,30)(H,31,32)/t20-,24-/m1/s1. The third kappa shape index (κ3) is 5.04. The zero-order valence-electron chi connectivity index (χ0n) is 17.9. The summed E-state index contributed by atoms with van der Waals surface area (Å²) in [5, 5.41) is 21.3. The van der Waals surface area contributed by atoms with E-state index in [9.17, 15) is 14.7 Å². The Morgan fingerprint density at radius 1 is 0.875 bits per heavy atom. The van der Waals surface area contributed by atoms with Crippen LogP contribution >= 0.6 is 0 Å². The Morgan fingerprint density at radius 3 is 1.62 bits per heavy atom. The molecule has 5 heteroatoms. The normalized spacial score (nSPS) is 12.9. The molecule has 2 atom stereocenters. The number of nitrogens with one attached hydrogen (secondary N) is 1. The molecule has 0 saturated heterocycles. The summed E-state index contributed by atoms with van der Waals surface area (Å²) in [6.07, 6.45) is 0.0718. The van der Waals surface area contributed by atoms with Crippen LogP contribution in [0.3, 0.4) is 0 Å². The zero-order chi connectivity index (χ0) is 23.0. The van der Waals surface area contributed by atoms with Gasteiger partial charge in [0.05, 0.1) is 11.5 Å². The number of hydrogen-bond acceptors (Lipinski definition) is 3. The summed E-state index contributed by atoms with van der Waals surface area (Å²) in [6.45, 7) is 1.64. The molecule has 0 radical (unpaired) electrons. The smallest absolute Gasteiger partial charge is 0.326 e. The molecule has 0 saturated carbocycles. The highest BCUT2D eigenvalue weighted by Crippen LogP contribution is 2.42. The fraction of sp³-hybridized carbons (Fsp3) is 0.222. The molecule has 3 aromatic rings. The van der Waals surface area contributed by atoms with Gasteiger partial charge in [0.1, 0.15) is 6.04 Å². The lowest BCUT2D eigenvalue weighted by Crippen LogP contribution is -2.45. The number of aliphatic carboxylic acids is 1. The average molecular weight is 427 g/mol. The predicted molar refractivity (Wildman–Crippen MR) is 123 cm³/mol. The quantitative estimate of drug-likeness (QED) is 0.492. The first-order chi connectivity index (χ1) is 15.5. The van der Waals surface area contributed by atoms with E-state index < -0.39 is 23.3 Å². The Bertz CT molecular complexity index is 979. The summed E-state index contributed by atoms with van der Waals surface area (Å²) in [7, 11) is 0. The van der Waals surface area contributed by atoms with Crippen molar-refractivity contribution in [2.75, 3.05) is 0 Å². The van der Waals surface area contributed by atoms with Crippen LogP contribution in [0.5, 0.6) is 0 Å². The number of amides is 1. The van der Waals surface area contributed by atoms with E-state index in [2.05, 4.69) is 5.32 Å². The molecular formula is C27H26N2O3. The molecule has 0 heterocycles. The molecule has 162 valence electrons. The predicted octanol–water partition coefficient (Wildman–Crippen LogP) is 4.53. The lowest BCUT2D eigenvalue weighted by atomic mass is 9.67. The van der Waals surface area contributed by atoms with Gasteiger partial charge in [0.2, 0.25) is 5.91 Å². The molecule has 3 aromatic carbocycles. The second kappa shape index (κ2) is 10.4. The van der Waals surface area contributed by atoms with E-state index in [0.29, 0.717) is 0 Å². The first-order valence-corrected chi connectivity index (χ1v) is 10.6. The first kappa shape index (κ1) is 22.8. The van der Waals surface area contributed by atoms with E-state index >= 15 is 0 Å². The second-order valence-electron chi connectivity index (χ2n) is 7.90. The monoisotopic (exact) mass is 426 g/mol. The number of carboxylic acids is 1. The van der Waals surface area contributed by atoms with Crippen molar-refractivity contribution >= 4 is 11.9 Å². The minimum atomic E-state index is -1.15. The number of hydrogen-bond donors (Lipinski definition) is 2. The molecule has 0 aliphatic rings. The van der Waals surface area contributed by atoms with Gasteiger partial charge < -0.3 is 10.4 Å². The van der Waals surface area contributed by atoms with Crippen molar-refractivity contribution in [2.45, 2.75) is 31.2 Å². The maximum absolute atomic E-state index is 13.3. The van der Waals surface area contributed by atoms with E-state index in [1.54, 1.807) is 6.92 Å². The molecule has 0 fully saturated rings. The fourth-order valence-corrected chi connectivity index (χ4v) is 4.09. The molecule has 0 aliphatic carbocycles. The van der Waals surface area contributed by atoms with E-state index in [1.165, 1.54) is 0 Å². The van der Waals surface area contributed by atoms with Crippen molar-refractivity contribution in [3.8, 4) is 6.07 Å². The summed E-state index contributed by atoms with van der Waals surface area (Å²) in [6, 6.07) is 30.2. The van der Waals surface area contributed by atoms with E-state index in [1.807, 2.05) is 97.1 Å². The van der Waals surface area contributed by atoms with Crippen molar-refractivity contribution in [3.63, 3.8) is 0 Å². The number of carbonyl (C=O) groups is 2. The van der Waals surface area contributed by atoms with Gasteiger partial charge in [-0.05, 0) is 30.0 Å². The van der Waals surface area contributed by atoms with Gasteiger partial charge in [-0.1, -0.05) is 91.0 Å². The minimum absolute atomic E-state index is 0.0236. The van der Waals surface area contributed by atoms with Gasteiger partial charge in [-0.3, -0.25) is 4.79 Å². The Balaban J connectivity index is 2.08. The topological polar surface area (TPSA) is 90.2 Å². The molecule has 0 bridgehead atoms. The van der Waals surface area contributed by atoms with Gasteiger partial charge in [0, 0.05) is 12.3 Å². The molecule has 1 amide bonds. The van der Waals surface area contributed by atoms with Crippen molar-refractivity contribution in [3.05, 3.63) is 108 Å². The number of rotatable bonds is 9. The molecular weight excluding hydrogens is 400 g/mol. The highest BCUT2D eigenvalue weighted by molar-refractivity contribution is 5.85. The lowest BCUT2D eigenvalue weighted by Gasteiger charge is -2.36. The fourth-order valence-electron chi connectivity index (χ4n) is 4.09. The molecule has 0 aromatic heterocycles. The summed E-state index contributed by atoms with van der Waals surface area (Å²) in [5.74, 6) is -2.03. The molecule has 2 N–H and O–H groups in total. The van der Waals surface area contributed by atoms with Crippen LogP contribution in [0, 0.1) is 17.2 Å². The van der Waals surface area contributed by atoms with Crippen molar-refractivity contribution in [1.29, 1.82) is 5.26 Å². The van der Waals surface area contributed by atoms with E-state index in [0.717, 1.165) is 16.7 Å². The van der Waals surface area contributed by atoms with E-state index in [-0.39, 0.29) is 18.7 Å². The summed E-state index contributed by atoms with van der Waals surface area (Å²) in [5.41, 5.74) is 2.00. The Morgan fingerprint density at radius 2 is 1.28 bits per heavy atom. The number of benzene rings is 3. The van der Waals surface area contributed by atoms with Crippen LogP contribution in [0.4, 0.5) is 0 Å². The van der Waals surface area contributed by atoms with Gasteiger partial charge >= 0.3 is 5.97 Å². The maximum atomic E-state index is 13.3. The SMILES string of the molecule is C[C@@H](C#N)C[C@@H](NC(=O)CC(c1ccccc1)(c1ccccc1)c1ccccc1)C(=O)O. The summed E-state index contributed by atoms with van der Waals surface area (Å²) >= 11 is 0. The maximum Gasteiger partial charge on any atom is 0.326 e. The Hall–Kier alpha value is -3.91. The highest BCUT2D eigenvalue weighted by Gasteiger charge is 2.39. The van der Waals surface area contributed by atoms with Crippen LogP contribution in [0.15, 0.2) is 91.0 Å². The van der Waals surface area contributed by atoms with Gasteiger partial charge in [-0.15, -0.1) is 0 Å². The number of nitriles is 1. The summed E-state index contributed by atoms with van der Waals surface area (Å²) < 4.78 is 0. The largest absolute Gasteiger partial charge is 0.480 e. The zero-order valence-corrected chi connectivity index (χ0v) is 17.9. The lowest BCUT2D eigenvalue weighted by molar-refractivity contribution is -0.142. The molecule has 5 nitrogen and oxygen atoms in total. The Labute approximate surface area is 188 Å². The van der Waals surface area contributed by atoms with Crippen LogP contribution in [0.1, 0.15) is 36.5 Å². The van der Waals surface area contributed by atoms with Gasteiger partial charge in [-0.25, -0.2) is 4.79 Å². The Kier molecular flexibility index (Phi) is 7.41. The van der Waals surface area contributed by atoms with Crippen LogP contribution in [0.25, 0.3) is 0 Å². The van der Waals surface area contributed by atoms with Crippen molar-refractivity contribution in [1.82, 2.24) is 5.32 Å². The number of carboxylic acid groups (broad SMARTS) is 1. The number of nitrogens with zero attached hydrogens (tertiary/aromatic N) is 1. The first-order valence-electron chi connectivity index (χ1n) is 10.6. The van der Waals surface area contributed by atoms with Crippen LogP contribution < -0.4 is 5.32 Å². The third-order valence-corrected chi connectivity index (χ3v) is 5.67. The minimum Gasteiger partial charge on any atom is -0.480 e. The van der Waals surface area contributed by atoms with Gasteiger partial charge in [0.15, 0.2) is 0 Å². The second-order valence-corrected chi connectivity index (χ2v) is 7.90. The van der Waals surface area contributed by atoms with Gasteiger partial charge in [-0.2, -0.15) is 5.26 Å². The van der Waals surface area contributed by atoms with Crippen LogP contribution in [-0.2, 0) is 15.0 Å². The van der Waals surface area contributed by atoms with Gasteiger partial charge in [0.25, 0.3) is 0 Å². The van der Waals surface area contributed by atoms with Crippen molar-refractivity contribution < 1.29 is 14.7 Å². The van der Waals surface area contributed by atoms with Crippen molar-refractivity contribution in [2.24, 2.45) is 5.92 Å². The number of carbonyl (C=O) groups excluding carboxylic acids is 1. The highest BCUT2D eigenvalue weighted by atomic mass is 16.4. The van der Waals surface area contributed by atoms with E-state index in [4.69, 9.17) is 5.26 Å². The third-order valence-electron chi connectivity index (χ3n) is 5.67. The van der Waals surface area contributed by atoms with Crippen LogP contribution in [0.2, 0.25) is 0 Å². The molecule has 3 rings (SSSR count). The summed E-state index contributed by atoms with van der Waals surface area (Å²) in [4.78, 5) is 25.0. The molecule has 0 spiro atoms. The molecule has 0 aliphatic heterocycles.